The molecule has 0 radical (unpaired) electrons. The molecule has 8 heteroatoms. The molecule has 0 spiro atoms. The van der Waals surface area contributed by atoms with Crippen LogP contribution in [0.2, 0.25) is 0 Å². The zero-order chi connectivity index (χ0) is 19.0. The van der Waals surface area contributed by atoms with Gasteiger partial charge in [0.05, 0.1) is 21.7 Å². The number of aromatic nitrogens is 3. The van der Waals surface area contributed by atoms with Crippen LogP contribution in [0.4, 0.5) is 13.2 Å². The summed E-state index contributed by atoms with van der Waals surface area (Å²) in [6, 6.07) is 16.0. The van der Waals surface area contributed by atoms with Crippen LogP contribution in [-0.4, -0.2) is 19.2 Å². The molecule has 0 bridgehead atoms. The lowest BCUT2D eigenvalue weighted by atomic mass is 10.1. The Bertz CT molecular complexity index is 1140. The summed E-state index contributed by atoms with van der Waals surface area (Å²) in [5.41, 5.74) is 0.325. The molecule has 4 nitrogen and oxygen atoms in total. The molecular weight excluding hydrogens is 375 g/mol. The van der Waals surface area contributed by atoms with Crippen molar-refractivity contribution in [1.82, 2.24) is 15.0 Å². The maximum Gasteiger partial charge on any atom is 0.418 e. The topological polar surface area (TPSA) is 58.6 Å². The third kappa shape index (κ3) is 3.23. The first-order valence-electron chi connectivity index (χ1n) is 7.93. The van der Waals surface area contributed by atoms with Gasteiger partial charge < -0.3 is 4.98 Å². The molecule has 2 aromatic carbocycles. The van der Waals surface area contributed by atoms with Gasteiger partial charge in [0.2, 0.25) is 5.16 Å². The van der Waals surface area contributed by atoms with Crippen molar-refractivity contribution in [3.63, 3.8) is 0 Å². The number of nitrogens with one attached hydrogen (secondary N) is 1. The predicted molar refractivity (Wildman–Crippen MR) is 95.4 cm³/mol. The van der Waals surface area contributed by atoms with E-state index in [4.69, 9.17) is 0 Å². The van der Waals surface area contributed by atoms with Gasteiger partial charge in [-0.25, -0.2) is 9.19 Å². The van der Waals surface area contributed by atoms with Crippen LogP contribution in [0.25, 0.3) is 22.3 Å². The average Bonchev–Trinajstić information content (AvgIpc) is 3.11. The zero-order valence-corrected chi connectivity index (χ0v) is 14.5. The molecule has 2 aromatic heterocycles. The van der Waals surface area contributed by atoms with Crippen LogP contribution < -0.4 is 0 Å². The van der Waals surface area contributed by atoms with Crippen molar-refractivity contribution in [3.05, 3.63) is 72.4 Å². The molecule has 27 heavy (non-hydrogen) atoms. The lowest BCUT2D eigenvalue weighted by Crippen LogP contribution is -2.05. The van der Waals surface area contributed by atoms with Crippen molar-refractivity contribution in [2.75, 3.05) is 0 Å². The van der Waals surface area contributed by atoms with Crippen LogP contribution in [0.3, 0.4) is 0 Å². The number of H-pyrrole nitrogens is 1. The molecule has 0 saturated heterocycles. The Hall–Kier alpha value is -3.00. The first kappa shape index (κ1) is 17.4. The fourth-order valence-electron chi connectivity index (χ4n) is 2.79. The zero-order valence-electron chi connectivity index (χ0n) is 13.7. The highest BCUT2D eigenvalue weighted by Gasteiger charge is 2.34. The van der Waals surface area contributed by atoms with E-state index in [1.807, 2.05) is 0 Å². The van der Waals surface area contributed by atoms with E-state index in [2.05, 4.69) is 15.0 Å². The largest absolute Gasteiger partial charge is 0.418 e. The van der Waals surface area contributed by atoms with Crippen LogP contribution in [0.1, 0.15) is 5.56 Å². The second kappa shape index (κ2) is 6.62. The number of pyridine rings is 1. The van der Waals surface area contributed by atoms with Crippen molar-refractivity contribution in [1.29, 1.82) is 0 Å². The van der Waals surface area contributed by atoms with Crippen LogP contribution >= 0.6 is 0 Å². The van der Waals surface area contributed by atoms with Crippen molar-refractivity contribution >= 4 is 21.8 Å². The van der Waals surface area contributed by atoms with E-state index in [0.29, 0.717) is 16.2 Å². The number of para-hydroxylation sites is 1. The molecule has 0 amide bonds. The Labute approximate surface area is 154 Å². The number of imidazole rings is 1. The minimum absolute atomic E-state index is 0.0370. The monoisotopic (exact) mass is 387 g/mol. The normalized spacial score (nSPS) is 13.0. The first-order valence-corrected chi connectivity index (χ1v) is 9.08. The number of alkyl halides is 3. The smallest absolute Gasteiger partial charge is 0.331 e. The van der Waals surface area contributed by atoms with Gasteiger partial charge in [-0.05, 0) is 30.3 Å². The third-order valence-electron chi connectivity index (χ3n) is 4.00. The summed E-state index contributed by atoms with van der Waals surface area (Å²) in [4.78, 5) is 11.4. The number of hydrogen-bond acceptors (Lipinski definition) is 3. The summed E-state index contributed by atoms with van der Waals surface area (Å²) in [5.74, 6) is 0. The van der Waals surface area contributed by atoms with Gasteiger partial charge in [0.1, 0.15) is 16.3 Å². The molecule has 4 aromatic rings. The second-order valence-corrected chi connectivity index (χ2v) is 7.09. The van der Waals surface area contributed by atoms with Gasteiger partial charge in [-0.3, -0.25) is 4.98 Å². The Balaban J connectivity index is 1.84. The van der Waals surface area contributed by atoms with E-state index < -0.39 is 22.5 Å². The molecule has 1 atom stereocenters. The summed E-state index contributed by atoms with van der Waals surface area (Å²) in [7, 11) is -1.80. The van der Waals surface area contributed by atoms with Gasteiger partial charge in [0.15, 0.2) is 0 Å². The van der Waals surface area contributed by atoms with E-state index in [1.165, 1.54) is 12.1 Å². The van der Waals surface area contributed by atoms with Gasteiger partial charge in [-0.1, -0.05) is 30.3 Å². The van der Waals surface area contributed by atoms with E-state index in [-0.39, 0.29) is 16.2 Å². The van der Waals surface area contributed by atoms with Gasteiger partial charge in [0.25, 0.3) is 0 Å². The molecule has 0 aliphatic heterocycles. The maximum absolute atomic E-state index is 13.2. The molecule has 0 aliphatic rings. The van der Waals surface area contributed by atoms with Gasteiger partial charge in [-0.2, -0.15) is 13.2 Å². The number of aromatic amines is 1. The summed E-state index contributed by atoms with van der Waals surface area (Å²) < 4.78 is 52.7. The maximum atomic E-state index is 13.2. The SMILES string of the molecule is O=S(c1nc2c(C(F)(F)F)cccc2[nH]1)c1ccccc1-c1ccccn1. The Morgan fingerprint density at radius 3 is 2.44 bits per heavy atom. The van der Waals surface area contributed by atoms with E-state index in [9.17, 15) is 17.4 Å². The minimum atomic E-state index is -4.54. The highest BCUT2D eigenvalue weighted by Crippen LogP contribution is 2.35. The number of benzene rings is 2. The van der Waals surface area contributed by atoms with Crippen LogP contribution in [0, 0.1) is 0 Å². The Kier molecular flexibility index (Phi) is 4.27. The van der Waals surface area contributed by atoms with E-state index >= 15 is 0 Å². The van der Waals surface area contributed by atoms with Gasteiger partial charge >= 0.3 is 6.18 Å². The lowest BCUT2D eigenvalue weighted by molar-refractivity contribution is -0.136. The number of nitrogens with zero attached hydrogens (tertiary/aromatic N) is 2. The summed E-state index contributed by atoms with van der Waals surface area (Å²) in [5, 5.41) is -0.0370. The van der Waals surface area contributed by atoms with Crippen molar-refractivity contribution in [3.8, 4) is 11.3 Å². The lowest BCUT2D eigenvalue weighted by Gasteiger charge is -2.07. The van der Waals surface area contributed by atoms with Crippen molar-refractivity contribution in [2.24, 2.45) is 0 Å². The van der Waals surface area contributed by atoms with Gasteiger partial charge in [-0.15, -0.1) is 0 Å². The third-order valence-corrected chi connectivity index (χ3v) is 5.30. The van der Waals surface area contributed by atoms with Crippen molar-refractivity contribution < 1.29 is 17.4 Å². The van der Waals surface area contributed by atoms with E-state index in [0.717, 1.165) is 6.07 Å². The summed E-state index contributed by atoms with van der Waals surface area (Å²) >= 11 is 0. The Morgan fingerprint density at radius 1 is 0.926 bits per heavy atom. The molecule has 1 N–H and O–H groups in total. The highest BCUT2D eigenvalue weighted by molar-refractivity contribution is 7.85. The fourth-order valence-corrected chi connectivity index (χ4v) is 3.95. The Morgan fingerprint density at radius 2 is 1.70 bits per heavy atom. The number of rotatable bonds is 3. The quantitative estimate of drug-likeness (QED) is 0.549. The number of fused-ring (bicyclic) bond motifs is 1. The van der Waals surface area contributed by atoms with Crippen LogP contribution in [0.5, 0.6) is 0 Å². The van der Waals surface area contributed by atoms with Crippen molar-refractivity contribution in [2.45, 2.75) is 16.2 Å². The first-order chi connectivity index (χ1) is 12.9. The molecule has 2 heterocycles. The minimum Gasteiger partial charge on any atom is -0.331 e. The second-order valence-electron chi connectivity index (χ2n) is 5.72. The predicted octanol–water partition coefficient (Wildman–Crippen LogP) is 4.81. The highest BCUT2D eigenvalue weighted by atomic mass is 32.2. The molecule has 0 aliphatic carbocycles. The summed E-state index contributed by atoms with van der Waals surface area (Å²) in [6.45, 7) is 0. The molecule has 0 saturated carbocycles. The van der Waals surface area contributed by atoms with E-state index in [1.54, 1.807) is 48.7 Å². The molecule has 0 fully saturated rings. The number of hydrogen-bond donors (Lipinski definition) is 1. The van der Waals surface area contributed by atoms with Crippen LogP contribution in [-0.2, 0) is 17.0 Å². The fraction of sp³-hybridized carbons (Fsp3) is 0.0526. The standard InChI is InChI=1S/C19H12F3N3OS/c20-19(21,22)13-7-5-9-15-17(13)25-18(24-15)27(26)16-10-2-1-6-12(16)14-8-3-4-11-23-14/h1-11H,(H,24,25). The van der Waals surface area contributed by atoms with Crippen LogP contribution in [0.15, 0.2) is 76.9 Å². The number of halogens is 3. The molecule has 136 valence electrons. The molecule has 4 rings (SSSR count). The summed E-state index contributed by atoms with van der Waals surface area (Å²) in [6.07, 6.45) is -2.93. The molecule has 1 unspecified atom stereocenters. The van der Waals surface area contributed by atoms with Gasteiger partial charge in [0, 0.05) is 11.8 Å². The average molecular weight is 387 g/mol. The molecular formula is C19H12F3N3OS.